The molecule has 5 heteroatoms. The number of carbonyl (C=O) groups is 1. The molecule has 1 rings (SSSR count). The van der Waals surface area contributed by atoms with E-state index >= 15 is 0 Å². The average Bonchev–Trinajstić information content (AvgIpc) is 2.26. The smallest absolute Gasteiger partial charge is 0.326 e. The molecule has 15 heavy (non-hydrogen) atoms. The maximum Gasteiger partial charge on any atom is 0.326 e. The van der Waals surface area contributed by atoms with E-state index in [1.807, 2.05) is 6.07 Å². The molecule has 1 aromatic carbocycles. The van der Waals surface area contributed by atoms with E-state index in [0.717, 1.165) is 0 Å². The maximum absolute atomic E-state index is 10.6. The lowest BCUT2D eigenvalue weighted by atomic mass is 10.1. The number of carboxylic acid groups (broad SMARTS) is 1. The lowest BCUT2D eigenvalue weighted by Gasteiger charge is -2.07. The molecule has 0 aliphatic carbocycles. The summed E-state index contributed by atoms with van der Waals surface area (Å²) in [7, 11) is 1.41. The molecule has 0 fully saturated rings. The summed E-state index contributed by atoms with van der Waals surface area (Å²) in [4.78, 5) is 10.6. The Kier molecular flexibility index (Phi) is 3.53. The fourth-order valence-electron chi connectivity index (χ4n) is 1.10. The zero-order chi connectivity index (χ0) is 11.4. The molecule has 0 bridgehead atoms. The fourth-order valence-corrected chi connectivity index (χ4v) is 1.24. The zero-order valence-electron chi connectivity index (χ0n) is 7.90. The lowest BCUT2D eigenvalue weighted by molar-refractivity contribution is -0.136. The van der Waals surface area contributed by atoms with E-state index in [9.17, 15) is 4.79 Å². The van der Waals surface area contributed by atoms with Gasteiger partial charge in [0, 0.05) is 0 Å². The van der Waals surface area contributed by atoms with Crippen molar-refractivity contribution in [3.8, 4) is 11.8 Å². The quantitative estimate of drug-likeness (QED) is 0.798. The van der Waals surface area contributed by atoms with E-state index in [2.05, 4.69) is 0 Å². The standard InChI is InChI=1S/C10H8ClNO3/c1-15-8-4-6(9(11)10(13)14)2-3-7(8)5-12/h2-4,9H,1H3,(H,13,14). The number of benzene rings is 1. The summed E-state index contributed by atoms with van der Waals surface area (Å²) in [5, 5.41) is 16.3. The largest absolute Gasteiger partial charge is 0.495 e. The van der Waals surface area contributed by atoms with Gasteiger partial charge in [-0.1, -0.05) is 6.07 Å². The predicted molar refractivity (Wildman–Crippen MR) is 53.9 cm³/mol. The van der Waals surface area contributed by atoms with Crippen molar-refractivity contribution in [3.05, 3.63) is 29.3 Å². The van der Waals surface area contributed by atoms with Crippen molar-refractivity contribution in [2.45, 2.75) is 5.38 Å². The zero-order valence-corrected chi connectivity index (χ0v) is 8.65. The normalized spacial score (nSPS) is 11.5. The highest BCUT2D eigenvalue weighted by Crippen LogP contribution is 2.26. The van der Waals surface area contributed by atoms with E-state index in [-0.39, 0.29) is 0 Å². The number of halogens is 1. The molecule has 0 spiro atoms. The Morgan fingerprint density at radius 1 is 1.67 bits per heavy atom. The monoisotopic (exact) mass is 225 g/mol. The van der Waals surface area contributed by atoms with Gasteiger partial charge in [-0.05, 0) is 17.7 Å². The molecule has 0 aliphatic heterocycles. The number of hydrogen-bond acceptors (Lipinski definition) is 3. The van der Waals surface area contributed by atoms with Gasteiger partial charge in [0.25, 0.3) is 0 Å². The molecule has 0 heterocycles. The maximum atomic E-state index is 10.6. The Balaban J connectivity index is 3.15. The molecule has 1 aromatic rings. The highest BCUT2D eigenvalue weighted by molar-refractivity contribution is 6.29. The van der Waals surface area contributed by atoms with Crippen LogP contribution in [0.25, 0.3) is 0 Å². The van der Waals surface area contributed by atoms with Crippen LogP contribution in [0.5, 0.6) is 5.75 Å². The molecule has 0 saturated heterocycles. The van der Waals surface area contributed by atoms with Crippen LogP contribution in [0.2, 0.25) is 0 Å². The molecule has 1 N–H and O–H groups in total. The highest BCUT2D eigenvalue weighted by Gasteiger charge is 2.17. The van der Waals surface area contributed by atoms with Gasteiger partial charge in [-0.25, -0.2) is 0 Å². The fraction of sp³-hybridized carbons (Fsp3) is 0.200. The Bertz CT molecular complexity index is 425. The molecule has 1 unspecified atom stereocenters. The third-order valence-electron chi connectivity index (χ3n) is 1.86. The Hall–Kier alpha value is -1.73. The summed E-state index contributed by atoms with van der Waals surface area (Å²) in [6.07, 6.45) is 0. The van der Waals surface area contributed by atoms with Gasteiger partial charge in [0.2, 0.25) is 0 Å². The van der Waals surface area contributed by atoms with E-state index in [4.69, 9.17) is 26.7 Å². The van der Waals surface area contributed by atoms with Crippen LogP contribution in [0.3, 0.4) is 0 Å². The molecule has 0 aromatic heterocycles. The Morgan fingerprint density at radius 2 is 2.33 bits per heavy atom. The molecule has 0 radical (unpaired) electrons. The summed E-state index contributed by atoms with van der Waals surface area (Å²) < 4.78 is 4.93. The minimum absolute atomic E-state index is 0.321. The van der Waals surface area contributed by atoms with E-state index in [0.29, 0.717) is 16.9 Å². The number of alkyl halides is 1. The second kappa shape index (κ2) is 4.67. The lowest BCUT2D eigenvalue weighted by Crippen LogP contribution is -2.05. The topological polar surface area (TPSA) is 70.3 Å². The average molecular weight is 226 g/mol. The second-order valence-electron chi connectivity index (χ2n) is 2.77. The molecule has 1 atom stereocenters. The minimum atomic E-state index is -1.14. The number of aliphatic carboxylic acids is 1. The molecular weight excluding hydrogens is 218 g/mol. The van der Waals surface area contributed by atoms with E-state index in [1.54, 1.807) is 0 Å². The first-order chi connectivity index (χ1) is 7.10. The first-order valence-corrected chi connectivity index (χ1v) is 4.48. The van der Waals surface area contributed by atoms with Crippen molar-refractivity contribution in [2.24, 2.45) is 0 Å². The molecule has 0 saturated carbocycles. The van der Waals surface area contributed by atoms with Crippen molar-refractivity contribution in [1.82, 2.24) is 0 Å². The van der Waals surface area contributed by atoms with Crippen LogP contribution < -0.4 is 4.74 Å². The van der Waals surface area contributed by atoms with E-state index in [1.165, 1.54) is 25.3 Å². The predicted octanol–water partition coefficient (Wildman–Crippen LogP) is 1.93. The van der Waals surface area contributed by atoms with Crippen LogP contribution in [0.15, 0.2) is 18.2 Å². The molecular formula is C10H8ClNO3. The van der Waals surface area contributed by atoms with Crippen LogP contribution in [0.1, 0.15) is 16.5 Å². The van der Waals surface area contributed by atoms with Crippen molar-refractivity contribution >= 4 is 17.6 Å². The van der Waals surface area contributed by atoms with Gasteiger partial charge in [0.1, 0.15) is 11.8 Å². The van der Waals surface area contributed by atoms with Gasteiger partial charge in [0.15, 0.2) is 5.38 Å². The minimum Gasteiger partial charge on any atom is -0.495 e. The Labute approximate surface area is 91.7 Å². The first kappa shape index (κ1) is 11.3. The molecule has 0 aliphatic rings. The van der Waals surface area contributed by atoms with Gasteiger partial charge in [0.05, 0.1) is 12.7 Å². The Morgan fingerprint density at radius 3 is 2.80 bits per heavy atom. The molecule has 78 valence electrons. The number of rotatable bonds is 3. The summed E-state index contributed by atoms with van der Waals surface area (Å²) >= 11 is 5.63. The third-order valence-corrected chi connectivity index (χ3v) is 2.29. The summed E-state index contributed by atoms with van der Waals surface area (Å²) in [5.41, 5.74) is 0.732. The van der Waals surface area contributed by atoms with Gasteiger partial charge >= 0.3 is 5.97 Å². The number of carboxylic acids is 1. The number of nitriles is 1. The highest BCUT2D eigenvalue weighted by atomic mass is 35.5. The third kappa shape index (κ3) is 2.39. The van der Waals surface area contributed by atoms with E-state index < -0.39 is 11.3 Å². The van der Waals surface area contributed by atoms with Crippen molar-refractivity contribution in [2.75, 3.05) is 7.11 Å². The number of methoxy groups -OCH3 is 1. The summed E-state index contributed by atoms with van der Waals surface area (Å²) in [5.74, 6) is -0.815. The molecule has 0 amide bonds. The van der Waals surface area contributed by atoms with Gasteiger partial charge in [-0.3, -0.25) is 4.79 Å². The van der Waals surface area contributed by atoms with Crippen LogP contribution in [0, 0.1) is 11.3 Å². The summed E-state index contributed by atoms with van der Waals surface area (Å²) in [6, 6.07) is 6.35. The van der Waals surface area contributed by atoms with Crippen molar-refractivity contribution in [1.29, 1.82) is 5.26 Å². The summed E-state index contributed by atoms with van der Waals surface area (Å²) in [6.45, 7) is 0. The van der Waals surface area contributed by atoms with Crippen molar-refractivity contribution < 1.29 is 14.6 Å². The number of ether oxygens (including phenoxy) is 1. The van der Waals surface area contributed by atoms with Crippen LogP contribution in [-0.4, -0.2) is 18.2 Å². The second-order valence-corrected chi connectivity index (χ2v) is 3.21. The van der Waals surface area contributed by atoms with Gasteiger partial charge < -0.3 is 9.84 Å². The van der Waals surface area contributed by atoms with Gasteiger partial charge in [-0.2, -0.15) is 5.26 Å². The van der Waals surface area contributed by atoms with Crippen molar-refractivity contribution in [3.63, 3.8) is 0 Å². The van der Waals surface area contributed by atoms with Crippen LogP contribution in [0.4, 0.5) is 0 Å². The SMILES string of the molecule is COc1cc(C(Cl)C(=O)O)ccc1C#N. The van der Waals surface area contributed by atoms with Crippen LogP contribution in [-0.2, 0) is 4.79 Å². The number of hydrogen-bond donors (Lipinski definition) is 1. The van der Waals surface area contributed by atoms with Gasteiger partial charge in [-0.15, -0.1) is 11.6 Å². The molecule has 4 nitrogen and oxygen atoms in total. The van der Waals surface area contributed by atoms with Crippen LogP contribution >= 0.6 is 11.6 Å². The first-order valence-electron chi connectivity index (χ1n) is 4.05. The number of nitrogens with zero attached hydrogens (tertiary/aromatic N) is 1.